The van der Waals surface area contributed by atoms with E-state index >= 15 is 8.78 Å². The lowest BCUT2D eigenvalue weighted by molar-refractivity contribution is -0.143. The quantitative estimate of drug-likeness (QED) is 0.241. The molecule has 0 amide bonds. The summed E-state index contributed by atoms with van der Waals surface area (Å²) in [6.07, 6.45) is 3.16. The van der Waals surface area contributed by atoms with Crippen molar-refractivity contribution in [2.75, 3.05) is 0 Å². The molecule has 2 fully saturated rings. The number of carboxylic acid groups (broad SMARTS) is 1. The Balaban J connectivity index is 1.15. The van der Waals surface area contributed by atoms with Gasteiger partial charge in [-0.3, -0.25) is 4.79 Å². The van der Waals surface area contributed by atoms with Crippen molar-refractivity contribution in [3.8, 4) is 28.3 Å². The average Bonchev–Trinajstić information content (AvgIpc) is 3.34. The molecule has 1 aromatic heterocycles. The minimum atomic E-state index is -0.800. The molecule has 6 rings (SSSR count). The molecule has 0 bridgehead atoms. The maximum absolute atomic E-state index is 15.5. The molecule has 9 heteroatoms. The molecule has 40 heavy (non-hydrogen) atoms. The number of carbonyl (C=O) groups is 1. The number of carboxylic acids is 1. The summed E-state index contributed by atoms with van der Waals surface area (Å²) in [6.45, 7) is 0.490. The van der Waals surface area contributed by atoms with Crippen LogP contribution in [0.2, 0.25) is 0 Å². The number of hydrogen-bond donors (Lipinski definition) is 3. The summed E-state index contributed by atoms with van der Waals surface area (Å²) < 4.78 is 42.3. The molecule has 0 unspecified atom stereocenters. The Morgan fingerprint density at radius 3 is 2.17 bits per heavy atom. The second-order valence-corrected chi connectivity index (χ2v) is 10.7. The molecule has 0 radical (unpaired) electrons. The van der Waals surface area contributed by atoms with Crippen molar-refractivity contribution >= 4 is 17.0 Å². The maximum atomic E-state index is 15.5. The number of halogens is 2. The predicted molar refractivity (Wildman–Crippen MR) is 145 cm³/mol. The zero-order chi connectivity index (χ0) is 27.8. The van der Waals surface area contributed by atoms with Crippen molar-refractivity contribution in [3.63, 3.8) is 0 Å². The van der Waals surface area contributed by atoms with Gasteiger partial charge < -0.3 is 24.7 Å². The van der Waals surface area contributed by atoms with Gasteiger partial charge in [-0.1, -0.05) is 48.5 Å². The number of nitrogens with zero attached hydrogens (tertiary/aromatic N) is 1. The minimum Gasteiger partial charge on any atom is -0.481 e. The number of aromatic nitrogens is 2. The summed E-state index contributed by atoms with van der Waals surface area (Å²) in [5.41, 5.74) is 3.34. The van der Waals surface area contributed by atoms with Gasteiger partial charge >= 0.3 is 5.97 Å². The summed E-state index contributed by atoms with van der Waals surface area (Å²) in [4.78, 5) is 18.3. The third kappa shape index (κ3) is 5.44. The van der Waals surface area contributed by atoms with Crippen LogP contribution in [-0.2, 0) is 16.1 Å². The molecule has 2 aliphatic carbocycles. The van der Waals surface area contributed by atoms with E-state index in [0.717, 1.165) is 16.7 Å². The topological polar surface area (TPSA) is 105 Å². The number of ether oxygens (including phenoxy) is 2. The molecule has 0 spiro atoms. The van der Waals surface area contributed by atoms with E-state index in [9.17, 15) is 15.0 Å². The van der Waals surface area contributed by atoms with E-state index in [1.807, 2.05) is 36.4 Å². The standard InChI is InChI=1S/C31H30F2N2O5/c32-25-15-26-29(35-31(34-26)40-23-11-9-21(10-12-23)30(37)38)28(33)27(25)20-7-5-19(6-8-20)18-3-1-17(2-4-18)16-39-24-13-22(36)14-24/h1-8,15,21-24,36H,9-14,16H2,(H,34,35)(H,37,38)/t21-,22-,23-,24+. The van der Waals surface area contributed by atoms with Crippen LogP contribution in [0.1, 0.15) is 44.1 Å². The number of aliphatic hydroxyl groups excluding tert-OH is 1. The zero-order valence-electron chi connectivity index (χ0n) is 21.8. The van der Waals surface area contributed by atoms with Crippen LogP contribution in [0.25, 0.3) is 33.3 Å². The molecular formula is C31H30F2N2O5. The Morgan fingerprint density at radius 2 is 1.55 bits per heavy atom. The van der Waals surface area contributed by atoms with Crippen LogP contribution < -0.4 is 4.74 Å². The number of nitrogens with one attached hydrogen (secondary N) is 1. The van der Waals surface area contributed by atoms with Crippen LogP contribution in [0.3, 0.4) is 0 Å². The van der Waals surface area contributed by atoms with Gasteiger partial charge in [0.05, 0.1) is 35.8 Å². The number of imidazole rings is 1. The molecule has 4 aromatic rings. The summed E-state index contributed by atoms with van der Waals surface area (Å²) in [5, 5.41) is 18.5. The van der Waals surface area contributed by atoms with E-state index in [0.29, 0.717) is 50.7 Å². The molecule has 2 saturated carbocycles. The highest BCUT2D eigenvalue weighted by Gasteiger charge is 2.29. The SMILES string of the molecule is O=C(O)[C@H]1CC[C@H](Oc2nc3c(F)c(-c4ccc(-c5ccc(CO[C@H]6C[C@@H](O)C6)cc5)cc4)c(F)cc3[nH]2)CC1. The summed E-state index contributed by atoms with van der Waals surface area (Å²) >= 11 is 0. The van der Waals surface area contributed by atoms with Gasteiger partial charge in [0.15, 0.2) is 5.82 Å². The number of hydrogen-bond acceptors (Lipinski definition) is 5. The Labute approximate surface area is 229 Å². The van der Waals surface area contributed by atoms with Crippen LogP contribution in [0.5, 0.6) is 6.01 Å². The fourth-order valence-corrected chi connectivity index (χ4v) is 5.47. The van der Waals surface area contributed by atoms with Crippen LogP contribution in [0, 0.1) is 17.6 Å². The highest BCUT2D eigenvalue weighted by Crippen LogP contribution is 2.34. The molecule has 2 aliphatic rings. The van der Waals surface area contributed by atoms with Crippen LogP contribution in [-0.4, -0.2) is 44.5 Å². The van der Waals surface area contributed by atoms with E-state index in [2.05, 4.69) is 9.97 Å². The molecule has 0 saturated heterocycles. The van der Waals surface area contributed by atoms with Gasteiger partial charge in [0.1, 0.15) is 17.4 Å². The number of aliphatic carboxylic acids is 1. The first-order chi connectivity index (χ1) is 19.3. The maximum Gasteiger partial charge on any atom is 0.306 e. The highest BCUT2D eigenvalue weighted by molar-refractivity contribution is 5.84. The lowest BCUT2D eigenvalue weighted by Crippen LogP contribution is -2.35. The second-order valence-electron chi connectivity index (χ2n) is 10.7. The predicted octanol–water partition coefficient (Wildman–Crippen LogP) is 6.24. The molecule has 0 aliphatic heterocycles. The van der Waals surface area contributed by atoms with Gasteiger partial charge in [-0.2, -0.15) is 4.98 Å². The van der Waals surface area contributed by atoms with Crippen molar-refractivity contribution in [2.45, 2.75) is 63.4 Å². The third-order valence-corrected chi connectivity index (χ3v) is 7.97. The van der Waals surface area contributed by atoms with Crippen LogP contribution in [0.4, 0.5) is 8.78 Å². The summed E-state index contributed by atoms with van der Waals surface area (Å²) in [7, 11) is 0. The van der Waals surface area contributed by atoms with Gasteiger partial charge in [-0.25, -0.2) is 8.78 Å². The van der Waals surface area contributed by atoms with Crippen LogP contribution >= 0.6 is 0 Å². The van der Waals surface area contributed by atoms with E-state index < -0.39 is 17.6 Å². The smallest absolute Gasteiger partial charge is 0.306 e. The van der Waals surface area contributed by atoms with Gasteiger partial charge in [-0.15, -0.1) is 0 Å². The highest BCUT2D eigenvalue weighted by atomic mass is 19.1. The Bertz CT molecular complexity index is 1510. The molecule has 208 valence electrons. The van der Waals surface area contributed by atoms with E-state index in [1.165, 1.54) is 6.07 Å². The third-order valence-electron chi connectivity index (χ3n) is 7.97. The molecule has 3 N–H and O–H groups in total. The fraction of sp³-hybridized carbons (Fsp3) is 0.355. The normalized spacial score (nSPS) is 22.7. The second kappa shape index (κ2) is 11.0. The summed E-state index contributed by atoms with van der Waals surface area (Å²) in [5.74, 6) is -2.65. The largest absolute Gasteiger partial charge is 0.481 e. The Morgan fingerprint density at radius 1 is 0.925 bits per heavy atom. The van der Waals surface area contributed by atoms with E-state index in [1.54, 1.807) is 12.1 Å². The molecule has 3 aromatic carbocycles. The molecule has 7 nitrogen and oxygen atoms in total. The number of fused-ring (bicyclic) bond motifs is 1. The number of aliphatic hydroxyl groups is 1. The van der Waals surface area contributed by atoms with Crippen molar-refractivity contribution in [2.24, 2.45) is 5.92 Å². The number of rotatable bonds is 8. The van der Waals surface area contributed by atoms with E-state index in [4.69, 9.17) is 9.47 Å². The van der Waals surface area contributed by atoms with Crippen molar-refractivity contribution in [1.82, 2.24) is 9.97 Å². The van der Waals surface area contributed by atoms with Gasteiger partial charge in [-0.05, 0) is 60.8 Å². The van der Waals surface area contributed by atoms with Gasteiger partial charge in [0.25, 0.3) is 6.01 Å². The van der Waals surface area contributed by atoms with E-state index in [-0.39, 0.29) is 46.8 Å². The minimum absolute atomic E-state index is 0.0103. The molecule has 1 heterocycles. The Hall–Kier alpha value is -3.82. The monoisotopic (exact) mass is 548 g/mol. The lowest BCUT2D eigenvalue weighted by Gasteiger charge is -2.31. The first-order valence-corrected chi connectivity index (χ1v) is 13.6. The zero-order valence-corrected chi connectivity index (χ0v) is 21.8. The van der Waals surface area contributed by atoms with Gasteiger partial charge in [0, 0.05) is 6.07 Å². The van der Waals surface area contributed by atoms with Crippen molar-refractivity contribution in [1.29, 1.82) is 0 Å². The van der Waals surface area contributed by atoms with Gasteiger partial charge in [0.2, 0.25) is 0 Å². The first-order valence-electron chi connectivity index (χ1n) is 13.6. The molecule has 0 atom stereocenters. The number of benzene rings is 3. The molecular weight excluding hydrogens is 518 g/mol. The fourth-order valence-electron chi connectivity index (χ4n) is 5.47. The summed E-state index contributed by atoms with van der Waals surface area (Å²) in [6, 6.07) is 16.3. The van der Waals surface area contributed by atoms with Crippen molar-refractivity contribution < 1.29 is 33.3 Å². The lowest BCUT2D eigenvalue weighted by atomic mass is 9.87. The van der Waals surface area contributed by atoms with Crippen molar-refractivity contribution in [3.05, 3.63) is 71.8 Å². The first kappa shape index (κ1) is 26.4. The average molecular weight is 549 g/mol. The van der Waals surface area contributed by atoms with Crippen LogP contribution in [0.15, 0.2) is 54.6 Å². The number of H-pyrrole nitrogens is 1. The Kier molecular flexibility index (Phi) is 7.25. The number of aromatic amines is 1.